The molecule has 1 aromatic carbocycles. The first-order valence-corrected chi connectivity index (χ1v) is 11.6. The summed E-state index contributed by atoms with van der Waals surface area (Å²) in [6.07, 6.45) is 11.7. The molecule has 4 rings (SSSR count). The molecular formula is C26H33N7. The third-order valence-corrected chi connectivity index (χ3v) is 6.40. The number of anilines is 3. The van der Waals surface area contributed by atoms with E-state index in [4.69, 9.17) is 11.1 Å². The average Bonchev–Trinajstić information content (AvgIpc) is 3.06. The zero-order valence-corrected chi connectivity index (χ0v) is 19.2. The number of nitrogens with two attached hydrogens (primary N) is 1. The first-order chi connectivity index (χ1) is 16.1. The molecule has 0 spiro atoms. The lowest BCUT2D eigenvalue weighted by Gasteiger charge is -2.42. The minimum Gasteiger partial charge on any atom is -0.398 e. The Hall–Kier alpha value is -3.45. The lowest BCUT2D eigenvalue weighted by molar-refractivity contribution is 0.169. The number of rotatable bonds is 9. The van der Waals surface area contributed by atoms with Gasteiger partial charge in [0.1, 0.15) is 0 Å². The highest BCUT2D eigenvalue weighted by atomic mass is 15.3. The van der Waals surface area contributed by atoms with E-state index in [-0.39, 0.29) is 0 Å². The fourth-order valence-corrected chi connectivity index (χ4v) is 4.76. The van der Waals surface area contributed by atoms with Gasteiger partial charge < -0.3 is 21.4 Å². The standard InChI is InChI=1S/C26H33N7/c1-3-16-33-22-11-12-23(33)18-32(17-22)21-9-7-20(8-10-21)30-26-29-15-13-25(31-26)19(2)24(28)6-4-5-14-27/h4-10,13-15,22-23,27H,2-3,11-12,16-18,28H2,1H3,(H,29,30,31). The molecule has 1 aromatic heterocycles. The summed E-state index contributed by atoms with van der Waals surface area (Å²) in [6, 6.07) is 11.7. The number of nitrogens with zero attached hydrogens (tertiary/aromatic N) is 4. The van der Waals surface area contributed by atoms with Gasteiger partial charge in [0.25, 0.3) is 0 Å². The van der Waals surface area contributed by atoms with Crippen LogP contribution in [0.2, 0.25) is 0 Å². The molecule has 2 saturated heterocycles. The van der Waals surface area contributed by atoms with E-state index in [9.17, 15) is 0 Å². The number of allylic oxidation sites excluding steroid dienone is 4. The lowest BCUT2D eigenvalue weighted by Crippen LogP contribution is -2.53. The van der Waals surface area contributed by atoms with Crippen LogP contribution >= 0.6 is 0 Å². The van der Waals surface area contributed by atoms with Crippen molar-refractivity contribution in [2.45, 2.75) is 38.3 Å². The summed E-state index contributed by atoms with van der Waals surface area (Å²) in [6.45, 7) is 9.76. The molecule has 2 aliphatic rings. The Labute approximate surface area is 196 Å². The summed E-state index contributed by atoms with van der Waals surface area (Å²) in [5.41, 5.74) is 10.0. The van der Waals surface area contributed by atoms with Gasteiger partial charge in [0.2, 0.25) is 5.95 Å². The molecule has 4 N–H and O–H groups in total. The van der Waals surface area contributed by atoms with Gasteiger partial charge in [0.15, 0.2) is 0 Å². The van der Waals surface area contributed by atoms with E-state index < -0.39 is 0 Å². The molecule has 7 heteroatoms. The number of fused-ring (bicyclic) bond motifs is 2. The molecule has 2 atom stereocenters. The Morgan fingerprint density at radius 2 is 1.91 bits per heavy atom. The van der Waals surface area contributed by atoms with Crippen molar-refractivity contribution in [3.63, 3.8) is 0 Å². The normalized spacial score (nSPS) is 20.9. The van der Waals surface area contributed by atoms with E-state index in [1.165, 1.54) is 37.7 Å². The Morgan fingerprint density at radius 1 is 1.18 bits per heavy atom. The van der Waals surface area contributed by atoms with Crippen LogP contribution in [0.5, 0.6) is 0 Å². The van der Waals surface area contributed by atoms with Crippen molar-refractivity contribution in [1.82, 2.24) is 14.9 Å². The smallest absolute Gasteiger partial charge is 0.227 e. The van der Waals surface area contributed by atoms with E-state index in [2.05, 4.69) is 62.9 Å². The summed E-state index contributed by atoms with van der Waals surface area (Å²) in [4.78, 5) is 14.1. The van der Waals surface area contributed by atoms with Crippen LogP contribution in [0.25, 0.3) is 5.57 Å². The van der Waals surface area contributed by atoms with Crippen molar-refractivity contribution in [2.24, 2.45) is 5.73 Å². The maximum Gasteiger partial charge on any atom is 0.227 e. The molecule has 0 aliphatic carbocycles. The predicted molar refractivity (Wildman–Crippen MR) is 137 cm³/mol. The Morgan fingerprint density at radius 3 is 2.58 bits per heavy atom. The van der Waals surface area contributed by atoms with Gasteiger partial charge in [-0.05, 0) is 68.3 Å². The van der Waals surface area contributed by atoms with E-state index in [1.54, 1.807) is 30.5 Å². The van der Waals surface area contributed by atoms with Crippen molar-refractivity contribution in [3.8, 4) is 0 Å². The highest BCUT2D eigenvalue weighted by Crippen LogP contribution is 2.33. The molecule has 3 heterocycles. The van der Waals surface area contributed by atoms with Gasteiger partial charge in [-0.25, -0.2) is 9.97 Å². The third-order valence-electron chi connectivity index (χ3n) is 6.40. The lowest BCUT2D eigenvalue weighted by atomic mass is 10.1. The largest absolute Gasteiger partial charge is 0.398 e. The van der Waals surface area contributed by atoms with Gasteiger partial charge in [-0.3, -0.25) is 4.90 Å². The van der Waals surface area contributed by atoms with Gasteiger partial charge in [-0.15, -0.1) is 0 Å². The van der Waals surface area contributed by atoms with Crippen LogP contribution in [-0.4, -0.2) is 52.8 Å². The highest BCUT2D eigenvalue weighted by molar-refractivity contribution is 5.76. The topological polar surface area (TPSA) is 94.2 Å². The quantitative estimate of drug-likeness (QED) is 0.394. The second kappa shape index (κ2) is 10.4. The van der Waals surface area contributed by atoms with Crippen LogP contribution in [0.3, 0.4) is 0 Å². The van der Waals surface area contributed by atoms with Crippen LogP contribution in [0, 0.1) is 5.41 Å². The van der Waals surface area contributed by atoms with Crippen molar-refractivity contribution in [1.29, 1.82) is 5.41 Å². The van der Waals surface area contributed by atoms with E-state index in [0.717, 1.165) is 18.8 Å². The van der Waals surface area contributed by atoms with Crippen LogP contribution in [0.4, 0.5) is 17.3 Å². The molecular weight excluding hydrogens is 410 g/mol. The summed E-state index contributed by atoms with van der Waals surface area (Å²) < 4.78 is 0. The monoisotopic (exact) mass is 443 g/mol. The van der Waals surface area contributed by atoms with Gasteiger partial charge in [-0.2, -0.15) is 0 Å². The van der Waals surface area contributed by atoms with Crippen molar-refractivity contribution in [3.05, 3.63) is 72.7 Å². The fraction of sp³-hybridized carbons (Fsp3) is 0.346. The molecule has 2 bridgehead atoms. The van der Waals surface area contributed by atoms with Crippen LogP contribution in [-0.2, 0) is 0 Å². The minimum atomic E-state index is 0.495. The first-order valence-electron chi connectivity index (χ1n) is 11.6. The Bertz CT molecular complexity index is 1030. The molecule has 33 heavy (non-hydrogen) atoms. The molecule has 2 fully saturated rings. The van der Waals surface area contributed by atoms with Gasteiger partial charge in [0, 0.05) is 60.2 Å². The summed E-state index contributed by atoms with van der Waals surface area (Å²) in [5.74, 6) is 0.496. The van der Waals surface area contributed by atoms with Gasteiger partial charge >= 0.3 is 0 Å². The maximum absolute atomic E-state index is 7.03. The maximum atomic E-state index is 7.03. The zero-order chi connectivity index (χ0) is 23.2. The van der Waals surface area contributed by atoms with E-state index in [0.29, 0.717) is 35.0 Å². The molecule has 172 valence electrons. The number of benzene rings is 1. The average molecular weight is 444 g/mol. The highest BCUT2D eigenvalue weighted by Gasteiger charge is 2.39. The number of aromatic nitrogens is 2. The first kappa shape index (κ1) is 22.7. The molecule has 0 radical (unpaired) electrons. The summed E-state index contributed by atoms with van der Waals surface area (Å²) in [7, 11) is 0. The number of hydrogen-bond acceptors (Lipinski definition) is 7. The van der Waals surface area contributed by atoms with Gasteiger partial charge in [-0.1, -0.05) is 19.6 Å². The fourth-order valence-electron chi connectivity index (χ4n) is 4.76. The second-order valence-corrected chi connectivity index (χ2v) is 8.62. The summed E-state index contributed by atoms with van der Waals surface area (Å²) >= 11 is 0. The van der Waals surface area contributed by atoms with E-state index in [1.807, 2.05) is 0 Å². The minimum absolute atomic E-state index is 0.495. The third kappa shape index (κ3) is 5.31. The van der Waals surface area contributed by atoms with Crippen LogP contribution < -0.4 is 16.0 Å². The van der Waals surface area contributed by atoms with Crippen molar-refractivity contribution in [2.75, 3.05) is 29.9 Å². The van der Waals surface area contributed by atoms with Crippen LogP contribution in [0.1, 0.15) is 31.9 Å². The molecule has 2 unspecified atom stereocenters. The SMILES string of the molecule is C=C(C(N)=CC=CC=N)c1ccnc(Nc2ccc(N3CC4CCC(C3)N4CCC)cc2)n1. The zero-order valence-electron chi connectivity index (χ0n) is 19.2. The van der Waals surface area contributed by atoms with Crippen LogP contribution in [0.15, 0.2) is 67.0 Å². The van der Waals surface area contributed by atoms with Crippen molar-refractivity contribution < 1.29 is 0 Å². The Kier molecular flexibility index (Phi) is 7.19. The second-order valence-electron chi connectivity index (χ2n) is 8.62. The summed E-state index contributed by atoms with van der Waals surface area (Å²) in [5, 5.41) is 10.3. The van der Waals surface area contributed by atoms with E-state index >= 15 is 0 Å². The molecule has 7 nitrogen and oxygen atoms in total. The molecule has 0 amide bonds. The molecule has 2 aliphatic heterocycles. The molecule has 0 saturated carbocycles. The Balaban J connectivity index is 1.40. The van der Waals surface area contributed by atoms with Gasteiger partial charge in [0.05, 0.1) is 5.69 Å². The number of piperazine rings is 1. The number of hydrogen-bond donors (Lipinski definition) is 3. The molecule has 2 aromatic rings. The predicted octanol–water partition coefficient (Wildman–Crippen LogP) is 4.34. The van der Waals surface area contributed by atoms with Crippen molar-refractivity contribution >= 4 is 29.1 Å². The number of nitrogens with one attached hydrogen (secondary N) is 2.